The molecule has 0 aromatic carbocycles. The van der Waals surface area contributed by atoms with Gasteiger partial charge in [-0.2, -0.15) is 0 Å². The zero-order valence-corrected chi connectivity index (χ0v) is 3.90. The lowest BCUT2D eigenvalue weighted by molar-refractivity contribution is -0.108. The van der Waals surface area contributed by atoms with Gasteiger partial charge in [-0.25, -0.2) is 0 Å². The van der Waals surface area contributed by atoms with Gasteiger partial charge in [0.1, 0.15) is 5.68 Å². The Kier molecular flexibility index (Phi) is 2.46. The highest BCUT2D eigenvalue weighted by molar-refractivity contribution is 6.75. The van der Waals surface area contributed by atoms with Crippen LogP contribution in [-0.2, 0) is 4.79 Å². The van der Waals surface area contributed by atoms with Gasteiger partial charge < -0.3 is 4.79 Å². The van der Waals surface area contributed by atoms with Gasteiger partial charge >= 0.3 is 0 Å². The lowest BCUT2D eigenvalue weighted by Crippen LogP contribution is -1.97. The van der Waals surface area contributed by atoms with Crippen molar-refractivity contribution in [3.8, 4) is 0 Å². The van der Waals surface area contributed by atoms with E-state index >= 15 is 0 Å². The summed E-state index contributed by atoms with van der Waals surface area (Å²) in [7, 11) is 0.573. The molecule has 0 bridgehead atoms. The van der Waals surface area contributed by atoms with Crippen molar-refractivity contribution < 1.29 is 4.79 Å². The maximum atomic E-state index is 10.1. The summed E-state index contributed by atoms with van der Waals surface area (Å²) < 4.78 is 0. The summed E-state index contributed by atoms with van der Waals surface area (Å²) in [5.41, 5.74) is 0.106. The monoisotopic (exact) mass is 82.1 g/mol. The molecule has 0 aliphatic rings. The van der Waals surface area contributed by atoms with Crippen molar-refractivity contribution in [3.05, 3.63) is 12.7 Å². The Bertz CT molecular complexity index is 67.9. The van der Waals surface area contributed by atoms with Crippen LogP contribution in [0.15, 0.2) is 12.7 Å². The molecule has 1 nitrogen and oxygen atoms in total. The normalized spacial score (nSPS) is 6.83. The van der Waals surface area contributed by atoms with E-state index < -0.39 is 0 Å². The van der Waals surface area contributed by atoms with Crippen LogP contribution in [-0.4, -0.2) is 13.0 Å². The largest absolute Gasteiger partial charge is 0.307 e. The fraction of sp³-hybridized carbons (Fsp3) is 0.250. The summed E-state index contributed by atoms with van der Waals surface area (Å²) in [6, 6.07) is 0. The molecule has 0 heterocycles. The Morgan fingerprint density at radius 3 is 2.50 bits per heavy atom. The van der Waals surface area contributed by atoms with Crippen LogP contribution in [0.4, 0.5) is 0 Å². The molecule has 6 heavy (non-hydrogen) atoms. The second-order valence-electron chi connectivity index (χ2n) is 1.02. The summed E-state index contributed by atoms with van der Waals surface area (Å²) in [4.78, 5) is 10.1. The average Bonchev–Trinajstić information content (AvgIpc) is 1.65. The van der Waals surface area contributed by atoms with Crippen LogP contribution in [0, 0.1) is 0 Å². The molecule has 0 fully saturated rings. The van der Waals surface area contributed by atoms with E-state index in [1.54, 1.807) is 0 Å². The highest BCUT2D eigenvalue weighted by Gasteiger charge is 1.85. The van der Waals surface area contributed by atoms with E-state index in [4.69, 9.17) is 0 Å². The van der Waals surface area contributed by atoms with Gasteiger partial charge in [-0.3, -0.25) is 0 Å². The van der Waals surface area contributed by atoms with Crippen molar-refractivity contribution in [2.45, 2.75) is 6.82 Å². The van der Waals surface area contributed by atoms with Crippen LogP contribution in [0.3, 0.4) is 0 Å². The number of hydrogen-bond donors (Lipinski definition) is 0. The predicted molar refractivity (Wildman–Crippen MR) is 28.2 cm³/mol. The second-order valence-corrected chi connectivity index (χ2v) is 1.02. The Morgan fingerprint density at radius 1 is 2.00 bits per heavy atom. The van der Waals surface area contributed by atoms with Crippen LogP contribution >= 0.6 is 0 Å². The molecule has 0 saturated carbocycles. The van der Waals surface area contributed by atoms with E-state index in [1.165, 1.54) is 6.08 Å². The molecule has 0 aromatic heterocycles. The third kappa shape index (κ3) is 1.76. The minimum Gasteiger partial charge on any atom is -0.307 e. The summed E-state index contributed by atoms with van der Waals surface area (Å²) in [5, 5.41) is 0. The highest BCUT2D eigenvalue weighted by Crippen LogP contribution is 1.64. The standard InChI is InChI=1S/C4H7BO/c1-3-4(6)5-2/h3,5H,1H2,2H3. The smallest absolute Gasteiger partial charge is 0.207 e. The van der Waals surface area contributed by atoms with Gasteiger partial charge in [0, 0.05) is 0 Å². The molecule has 0 aliphatic carbocycles. The molecule has 0 N–H and O–H groups in total. The molecule has 0 aliphatic heterocycles. The number of carbonyl (C=O) groups excluding carboxylic acids is 1. The first-order valence-corrected chi connectivity index (χ1v) is 1.96. The van der Waals surface area contributed by atoms with Gasteiger partial charge in [0.05, 0.1) is 0 Å². The van der Waals surface area contributed by atoms with E-state index in [9.17, 15) is 4.79 Å². The van der Waals surface area contributed by atoms with Crippen LogP contribution in [0.2, 0.25) is 6.82 Å². The van der Waals surface area contributed by atoms with E-state index in [-0.39, 0.29) is 5.68 Å². The second kappa shape index (κ2) is 2.70. The van der Waals surface area contributed by atoms with Crippen molar-refractivity contribution in [3.63, 3.8) is 0 Å². The zero-order valence-electron chi connectivity index (χ0n) is 3.90. The molecule has 0 atom stereocenters. The predicted octanol–water partition coefficient (Wildman–Crippen LogP) is 0.184. The molecule has 0 spiro atoms. The van der Waals surface area contributed by atoms with Crippen LogP contribution in [0.1, 0.15) is 0 Å². The molecule has 2 heteroatoms. The summed E-state index contributed by atoms with van der Waals surface area (Å²) in [5.74, 6) is 0. The number of carbonyl (C=O) groups is 1. The average molecular weight is 81.9 g/mol. The molecule has 0 saturated heterocycles. The minimum absolute atomic E-state index is 0.106. The van der Waals surface area contributed by atoms with Gasteiger partial charge in [-0.05, 0) is 6.08 Å². The quantitative estimate of drug-likeness (QED) is 0.343. The SMILES string of the molecule is C=CC(=O)BC. The number of rotatable bonds is 2. The zero-order chi connectivity index (χ0) is 4.99. The lowest BCUT2D eigenvalue weighted by Gasteiger charge is -1.72. The van der Waals surface area contributed by atoms with E-state index in [0.717, 1.165) is 0 Å². The molecule has 32 valence electrons. The van der Waals surface area contributed by atoms with Crippen molar-refractivity contribution in [1.82, 2.24) is 0 Å². The molecule has 0 rings (SSSR count). The van der Waals surface area contributed by atoms with Gasteiger partial charge in [0.2, 0.25) is 7.28 Å². The molecule has 0 radical (unpaired) electrons. The highest BCUT2D eigenvalue weighted by atomic mass is 16.1. The van der Waals surface area contributed by atoms with Crippen molar-refractivity contribution in [2.24, 2.45) is 0 Å². The maximum Gasteiger partial charge on any atom is 0.207 e. The summed E-state index contributed by atoms with van der Waals surface area (Å²) in [6.07, 6.45) is 1.33. The van der Waals surface area contributed by atoms with Gasteiger partial charge in [0.15, 0.2) is 0 Å². The van der Waals surface area contributed by atoms with E-state index in [2.05, 4.69) is 6.58 Å². The fourth-order valence-electron chi connectivity index (χ4n) is 0.144. The van der Waals surface area contributed by atoms with Crippen LogP contribution in [0.5, 0.6) is 0 Å². The first kappa shape index (κ1) is 5.47. The lowest BCUT2D eigenvalue weighted by atomic mass is 9.77. The first-order chi connectivity index (χ1) is 2.81. The van der Waals surface area contributed by atoms with Crippen LogP contribution in [0.25, 0.3) is 0 Å². The topological polar surface area (TPSA) is 17.1 Å². The van der Waals surface area contributed by atoms with Crippen LogP contribution < -0.4 is 0 Å². The van der Waals surface area contributed by atoms with E-state index in [0.29, 0.717) is 7.28 Å². The van der Waals surface area contributed by atoms with Gasteiger partial charge in [0.25, 0.3) is 0 Å². The van der Waals surface area contributed by atoms with Crippen molar-refractivity contribution in [2.75, 3.05) is 0 Å². The molecule has 0 amide bonds. The molecular formula is C4H7BO. The summed E-state index contributed by atoms with van der Waals surface area (Å²) in [6.45, 7) is 5.09. The Hall–Kier alpha value is -0.525. The minimum atomic E-state index is 0.106. The Morgan fingerprint density at radius 2 is 2.50 bits per heavy atom. The Balaban J connectivity index is 3.23. The molecule has 0 unspecified atom stereocenters. The molecular weight excluding hydrogens is 74.9 g/mol. The number of allylic oxidation sites excluding steroid dienone is 1. The summed E-state index contributed by atoms with van der Waals surface area (Å²) >= 11 is 0. The maximum absolute atomic E-state index is 10.1. The van der Waals surface area contributed by atoms with E-state index in [1.807, 2.05) is 6.82 Å². The third-order valence-corrected chi connectivity index (χ3v) is 0.576. The Labute approximate surface area is 38.3 Å². The van der Waals surface area contributed by atoms with Gasteiger partial charge in [-0.1, -0.05) is 13.4 Å². The third-order valence-electron chi connectivity index (χ3n) is 0.576. The first-order valence-electron chi connectivity index (χ1n) is 1.96. The van der Waals surface area contributed by atoms with Gasteiger partial charge in [-0.15, -0.1) is 0 Å². The van der Waals surface area contributed by atoms with Crippen molar-refractivity contribution in [1.29, 1.82) is 0 Å². The fourth-order valence-corrected chi connectivity index (χ4v) is 0.144. The number of hydrogen-bond acceptors (Lipinski definition) is 1. The molecule has 0 aromatic rings. The van der Waals surface area contributed by atoms with Crippen molar-refractivity contribution >= 4 is 13.0 Å².